The number of carbonyl (C=O) groups is 4. The summed E-state index contributed by atoms with van der Waals surface area (Å²) in [5, 5.41) is 5.91. The van der Waals surface area contributed by atoms with Crippen molar-refractivity contribution < 1.29 is 27.6 Å². The Bertz CT molecular complexity index is 1610. The van der Waals surface area contributed by atoms with Gasteiger partial charge in [0.05, 0.1) is 12.1 Å². The van der Waals surface area contributed by atoms with E-state index in [4.69, 9.17) is 11.5 Å². The summed E-state index contributed by atoms with van der Waals surface area (Å²) in [7, 11) is -0.650. The first-order valence-corrected chi connectivity index (χ1v) is 20.3. The van der Waals surface area contributed by atoms with Gasteiger partial charge < -0.3 is 27.0 Å². The summed E-state index contributed by atoms with van der Waals surface area (Å²) in [5.74, 6) is -2.07. The molecular weight excluding hydrogens is 695 g/mol. The highest BCUT2D eigenvalue weighted by atomic mass is 32.2. The molecule has 6 N–H and O–H groups in total. The number of nitrogens with two attached hydrogens (primary N) is 2. The fraction of sp³-hybridized carbons (Fsp3) is 0.590. The first-order chi connectivity index (χ1) is 25.2. The van der Waals surface area contributed by atoms with E-state index in [0.717, 1.165) is 11.1 Å². The highest BCUT2D eigenvalue weighted by Crippen LogP contribution is 2.33. The van der Waals surface area contributed by atoms with Crippen molar-refractivity contribution >= 4 is 33.7 Å². The van der Waals surface area contributed by atoms with Crippen molar-refractivity contribution in [3.05, 3.63) is 71.8 Å². The number of rotatable bonds is 20. The largest absolute Gasteiger partial charge is 0.345 e. The van der Waals surface area contributed by atoms with Crippen LogP contribution >= 0.6 is 0 Å². The van der Waals surface area contributed by atoms with Gasteiger partial charge in [0.25, 0.3) is 10.2 Å². The molecule has 0 aromatic heterocycles. The lowest BCUT2D eigenvalue weighted by molar-refractivity contribution is -0.142. The molecule has 2 fully saturated rings. The molecule has 2 saturated heterocycles. The van der Waals surface area contributed by atoms with Crippen molar-refractivity contribution in [3.63, 3.8) is 0 Å². The van der Waals surface area contributed by atoms with Crippen LogP contribution in [0.5, 0.6) is 0 Å². The quantitative estimate of drug-likeness (QED) is 0.148. The van der Waals surface area contributed by atoms with Crippen LogP contribution in [0.3, 0.4) is 0 Å². The highest BCUT2D eigenvalue weighted by Gasteiger charge is 2.47. The number of ketones is 1. The van der Waals surface area contributed by atoms with E-state index in [2.05, 4.69) is 10.6 Å². The summed E-state index contributed by atoms with van der Waals surface area (Å²) in [6.45, 7) is 4.77. The van der Waals surface area contributed by atoms with E-state index in [1.165, 1.54) is 22.7 Å². The summed E-state index contributed by atoms with van der Waals surface area (Å²) < 4.78 is 28.5. The molecule has 2 aromatic rings. The van der Waals surface area contributed by atoms with Gasteiger partial charge in [0.2, 0.25) is 17.7 Å². The molecule has 13 nitrogen and oxygen atoms in total. The third-order valence-corrected chi connectivity index (χ3v) is 12.1. The lowest BCUT2D eigenvalue weighted by Gasteiger charge is -2.42. The summed E-state index contributed by atoms with van der Waals surface area (Å²) in [5.41, 5.74) is 13.8. The minimum atomic E-state index is -3.64. The van der Waals surface area contributed by atoms with Crippen LogP contribution in [0, 0.1) is 11.8 Å². The van der Waals surface area contributed by atoms with Crippen LogP contribution in [-0.4, -0.2) is 109 Å². The summed E-state index contributed by atoms with van der Waals surface area (Å²) in [6, 6.07) is 15.6. The second kappa shape index (κ2) is 19.6. The Labute approximate surface area is 315 Å². The molecule has 292 valence electrons. The van der Waals surface area contributed by atoms with Gasteiger partial charge in [-0.25, -0.2) is 0 Å². The van der Waals surface area contributed by atoms with Gasteiger partial charge in [0.15, 0.2) is 5.78 Å². The fourth-order valence-electron chi connectivity index (χ4n) is 7.44. The topological polar surface area (TPSA) is 188 Å². The zero-order valence-electron chi connectivity index (χ0n) is 31.7. The van der Waals surface area contributed by atoms with E-state index in [1.54, 1.807) is 4.90 Å². The number of piperazine rings is 1. The van der Waals surface area contributed by atoms with E-state index >= 15 is 0 Å². The molecule has 6 unspecified atom stereocenters. The Hall–Kier alpha value is -3.69. The third-order valence-electron chi connectivity index (χ3n) is 10.2. The van der Waals surface area contributed by atoms with Crippen molar-refractivity contribution in [2.45, 2.75) is 102 Å². The lowest BCUT2D eigenvalue weighted by atomic mass is 9.88. The number of hydrogen-bond donors (Lipinski definition) is 4. The fourth-order valence-corrected chi connectivity index (χ4v) is 8.62. The standard InChI is InChI=1S/C39H59N7O6S/c1-27(2)21-30(24-36(47)35(23-29-15-9-6-10-16-29)43-38(49)33(41)22-28-13-7-5-8-14-28)37(48)42-34(17-11-12-20-40)39(50)46-31-18-19-32(46)26-45(25-31)53(51,52)44(3)4/h5-10,13-16,27,30-35H,11-12,17-26,40-41H2,1-4H3,(H,42,48)(H,43,49). The van der Waals surface area contributed by atoms with Crippen LogP contribution in [0.1, 0.15) is 69.9 Å². The van der Waals surface area contributed by atoms with Crippen molar-refractivity contribution in [1.82, 2.24) is 24.1 Å². The van der Waals surface area contributed by atoms with E-state index < -0.39 is 46.1 Å². The van der Waals surface area contributed by atoms with Gasteiger partial charge in [0.1, 0.15) is 6.04 Å². The maximum absolute atomic E-state index is 14.2. The van der Waals surface area contributed by atoms with E-state index in [-0.39, 0.29) is 55.6 Å². The Kier molecular flexibility index (Phi) is 15.5. The number of Topliss-reactive ketones (excluding diaryl/α,β-unsaturated/α-hetero) is 1. The second-order valence-electron chi connectivity index (χ2n) is 15.1. The average molecular weight is 754 g/mol. The van der Waals surface area contributed by atoms with Crippen LogP contribution < -0.4 is 22.1 Å². The van der Waals surface area contributed by atoms with Crippen LogP contribution in [-0.2, 0) is 42.2 Å². The van der Waals surface area contributed by atoms with Crippen molar-refractivity contribution in [1.29, 1.82) is 0 Å². The number of nitrogens with zero attached hydrogens (tertiary/aromatic N) is 3. The monoisotopic (exact) mass is 753 g/mol. The van der Waals surface area contributed by atoms with E-state index in [0.29, 0.717) is 51.5 Å². The summed E-state index contributed by atoms with van der Waals surface area (Å²) in [4.78, 5) is 57.6. The number of benzene rings is 2. The van der Waals surface area contributed by atoms with Crippen LogP contribution in [0.4, 0.5) is 0 Å². The van der Waals surface area contributed by atoms with Gasteiger partial charge in [-0.1, -0.05) is 74.5 Å². The van der Waals surface area contributed by atoms with Crippen LogP contribution in [0.25, 0.3) is 0 Å². The van der Waals surface area contributed by atoms with Crippen molar-refractivity contribution in [2.75, 3.05) is 33.7 Å². The van der Waals surface area contributed by atoms with Gasteiger partial charge in [-0.15, -0.1) is 0 Å². The highest BCUT2D eigenvalue weighted by molar-refractivity contribution is 7.86. The Morgan fingerprint density at radius 1 is 0.830 bits per heavy atom. The van der Waals surface area contributed by atoms with Gasteiger partial charge in [-0.05, 0) is 75.0 Å². The van der Waals surface area contributed by atoms with Gasteiger partial charge in [-0.3, -0.25) is 19.2 Å². The number of carbonyl (C=O) groups excluding carboxylic acids is 4. The molecule has 6 atom stereocenters. The molecule has 0 radical (unpaired) electrons. The second-order valence-corrected chi connectivity index (χ2v) is 17.3. The molecule has 2 heterocycles. The van der Waals surface area contributed by atoms with Gasteiger partial charge in [0, 0.05) is 51.6 Å². The molecule has 0 saturated carbocycles. The normalized spacial score (nSPS) is 19.8. The third kappa shape index (κ3) is 11.6. The molecule has 14 heteroatoms. The molecular formula is C39H59N7O6S. The number of amides is 3. The molecule has 2 bridgehead atoms. The average Bonchev–Trinajstić information content (AvgIpc) is 3.38. The zero-order valence-corrected chi connectivity index (χ0v) is 32.5. The first kappa shape index (κ1) is 42.1. The van der Waals surface area contributed by atoms with Crippen molar-refractivity contribution in [3.8, 4) is 0 Å². The van der Waals surface area contributed by atoms with E-state index in [9.17, 15) is 27.6 Å². The number of fused-ring (bicyclic) bond motifs is 2. The molecule has 3 amide bonds. The molecule has 4 rings (SSSR count). The van der Waals surface area contributed by atoms with E-state index in [1.807, 2.05) is 74.5 Å². The maximum atomic E-state index is 14.2. The van der Waals surface area contributed by atoms with Gasteiger partial charge >= 0.3 is 0 Å². The Morgan fingerprint density at radius 2 is 1.38 bits per heavy atom. The summed E-state index contributed by atoms with van der Waals surface area (Å²) in [6.07, 6.45) is 3.80. The molecule has 2 aliphatic heterocycles. The molecule has 2 aliphatic rings. The number of unbranched alkanes of at least 4 members (excludes halogenated alkanes) is 1. The Morgan fingerprint density at radius 3 is 1.91 bits per heavy atom. The minimum absolute atomic E-state index is 0.0639. The van der Waals surface area contributed by atoms with Crippen LogP contribution in [0.15, 0.2) is 60.7 Å². The summed E-state index contributed by atoms with van der Waals surface area (Å²) >= 11 is 0. The molecule has 0 aliphatic carbocycles. The van der Waals surface area contributed by atoms with Crippen LogP contribution in [0.2, 0.25) is 0 Å². The Balaban J connectivity index is 1.51. The smallest absolute Gasteiger partial charge is 0.281 e. The maximum Gasteiger partial charge on any atom is 0.281 e. The van der Waals surface area contributed by atoms with Gasteiger partial charge in [-0.2, -0.15) is 17.0 Å². The molecule has 2 aromatic carbocycles. The first-order valence-electron chi connectivity index (χ1n) is 18.9. The molecule has 53 heavy (non-hydrogen) atoms. The lowest BCUT2D eigenvalue weighted by Crippen LogP contribution is -2.62. The predicted octanol–water partition coefficient (Wildman–Crippen LogP) is 2.00. The zero-order chi connectivity index (χ0) is 38.7. The number of nitrogens with one attached hydrogen (secondary N) is 2. The predicted molar refractivity (Wildman–Crippen MR) is 205 cm³/mol. The minimum Gasteiger partial charge on any atom is -0.345 e. The molecule has 0 spiro atoms. The van der Waals surface area contributed by atoms with Crippen molar-refractivity contribution in [2.24, 2.45) is 23.3 Å². The SMILES string of the molecule is CC(C)CC(CC(=O)C(Cc1ccccc1)NC(=O)C(N)Cc1ccccc1)C(=O)NC(CCCCN)C(=O)N1C2CCC1CN(S(=O)(=O)N(C)C)C2. The number of hydrogen-bond acceptors (Lipinski definition) is 8.